The summed E-state index contributed by atoms with van der Waals surface area (Å²) >= 11 is 0. The first-order valence-electron chi connectivity index (χ1n) is 9.17. The molecule has 28 heavy (non-hydrogen) atoms. The average molecular weight is 491 g/mol. The van der Waals surface area contributed by atoms with Crippen molar-refractivity contribution in [2.24, 2.45) is 10.7 Å². The molecule has 1 aromatic heterocycles. The second-order valence-corrected chi connectivity index (χ2v) is 6.70. The molecule has 0 amide bonds. The summed E-state index contributed by atoms with van der Waals surface area (Å²) in [5, 5.41) is 7.70. The lowest BCUT2D eigenvalue weighted by Gasteiger charge is -2.19. The highest BCUT2D eigenvalue weighted by Gasteiger charge is 2.13. The SMILES string of the molecule is I.NC(=NCc1ccn(-c2ccc(F)cc2)n1)Nc1cccc2c1CCCC2. The van der Waals surface area contributed by atoms with E-state index in [1.54, 1.807) is 16.8 Å². The first-order chi connectivity index (χ1) is 13.2. The third-order valence-corrected chi connectivity index (χ3v) is 4.81. The molecule has 3 aromatic rings. The number of aliphatic imine (C=N–C) groups is 1. The number of hydrogen-bond acceptors (Lipinski definition) is 2. The highest BCUT2D eigenvalue weighted by atomic mass is 127. The van der Waals surface area contributed by atoms with E-state index < -0.39 is 0 Å². The van der Waals surface area contributed by atoms with Crippen LogP contribution in [-0.4, -0.2) is 15.7 Å². The first kappa shape index (κ1) is 20.3. The van der Waals surface area contributed by atoms with Gasteiger partial charge in [0.25, 0.3) is 0 Å². The smallest absolute Gasteiger partial charge is 0.193 e. The summed E-state index contributed by atoms with van der Waals surface area (Å²) in [5.41, 5.74) is 11.5. The van der Waals surface area contributed by atoms with Gasteiger partial charge in [-0.2, -0.15) is 5.10 Å². The van der Waals surface area contributed by atoms with E-state index in [2.05, 4.69) is 33.6 Å². The second-order valence-electron chi connectivity index (χ2n) is 6.70. The molecule has 1 aliphatic carbocycles. The minimum Gasteiger partial charge on any atom is -0.370 e. The number of nitrogens with zero attached hydrogens (tertiary/aromatic N) is 3. The van der Waals surface area contributed by atoms with Gasteiger partial charge in [0.05, 0.1) is 17.9 Å². The number of anilines is 1. The Balaban J connectivity index is 0.00000225. The Hall–Kier alpha value is -2.42. The molecule has 4 rings (SSSR count). The van der Waals surface area contributed by atoms with Crippen LogP contribution < -0.4 is 11.1 Å². The van der Waals surface area contributed by atoms with E-state index in [9.17, 15) is 4.39 Å². The van der Waals surface area contributed by atoms with Crippen molar-refractivity contribution >= 4 is 35.6 Å². The molecule has 146 valence electrons. The van der Waals surface area contributed by atoms with Gasteiger partial charge >= 0.3 is 0 Å². The molecular weight excluding hydrogens is 468 g/mol. The highest BCUT2D eigenvalue weighted by molar-refractivity contribution is 14.0. The van der Waals surface area contributed by atoms with Crippen molar-refractivity contribution in [3.05, 3.63) is 77.4 Å². The molecule has 0 fully saturated rings. The number of nitrogens with one attached hydrogen (secondary N) is 1. The maximum atomic E-state index is 13.0. The van der Waals surface area contributed by atoms with Gasteiger partial charge in [0.1, 0.15) is 5.82 Å². The molecule has 1 heterocycles. The molecule has 3 N–H and O–H groups in total. The lowest BCUT2D eigenvalue weighted by atomic mass is 9.90. The van der Waals surface area contributed by atoms with Crippen LogP contribution in [0, 0.1) is 5.82 Å². The quantitative estimate of drug-likeness (QED) is 0.322. The molecule has 0 spiro atoms. The van der Waals surface area contributed by atoms with E-state index in [1.165, 1.54) is 36.1 Å². The normalized spacial score (nSPS) is 13.5. The van der Waals surface area contributed by atoms with Gasteiger partial charge in [-0.25, -0.2) is 14.1 Å². The number of aromatic nitrogens is 2. The van der Waals surface area contributed by atoms with Gasteiger partial charge in [-0.1, -0.05) is 12.1 Å². The van der Waals surface area contributed by atoms with Crippen molar-refractivity contribution in [1.29, 1.82) is 0 Å². The van der Waals surface area contributed by atoms with Crippen LogP contribution in [0.2, 0.25) is 0 Å². The minimum atomic E-state index is -0.266. The molecule has 0 aliphatic heterocycles. The summed E-state index contributed by atoms with van der Waals surface area (Å²) in [7, 11) is 0. The second kappa shape index (κ2) is 9.18. The van der Waals surface area contributed by atoms with Gasteiger partial charge in [0, 0.05) is 11.9 Å². The topological polar surface area (TPSA) is 68.2 Å². The van der Waals surface area contributed by atoms with E-state index in [-0.39, 0.29) is 29.8 Å². The summed E-state index contributed by atoms with van der Waals surface area (Å²) in [6.45, 7) is 0.377. The number of halogens is 2. The fourth-order valence-corrected chi connectivity index (χ4v) is 3.43. The van der Waals surface area contributed by atoms with E-state index in [0.717, 1.165) is 29.9 Å². The summed E-state index contributed by atoms with van der Waals surface area (Å²) < 4.78 is 14.7. The minimum absolute atomic E-state index is 0. The van der Waals surface area contributed by atoms with Crippen molar-refractivity contribution in [2.75, 3.05) is 5.32 Å². The number of aryl methyl sites for hydroxylation is 1. The molecular formula is C21H23FIN5. The van der Waals surface area contributed by atoms with E-state index in [1.807, 2.05) is 12.3 Å². The predicted octanol–water partition coefficient (Wildman–Crippen LogP) is 4.44. The molecule has 0 saturated heterocycles. The van der Waals surface area contributed by atoms with Crippen molar-refractivity contribution < 1.29 is 4.39 Å². The van der Waals surface area contributed by atoms with Crippen LogP contribution in [0.5, 0.6) is 0 Å². The lowest BCUT2D eigenvalue weighted by Crippen LogP contribution is -2.24. The van der Waals surface area contributed by atoms with E-state index in [4.69, 9.17) is 5.73 Å². The maximum Gasteiger partial charge on any atom is 0.193 e. The Labute approximate surface area is 180 Å². The van der Waals surface area contributed by atoms with Crippen molar-refractivity contribution in [3.63, 3.8) is 0 Å². The highest BCUT2D eigenvalue weighted by Crippen LogP contribution is 2.27. The zero-order valence-electron chi connectivity index (χ0n) is 15.4. The number of rotatable bonds is 4. The fourth-order valence-electron chi connectivity index (χ4n) is 3.43. The summed E-state index contributed by atoms with van der Waals surface area (Å²) in [6.07, 6.45) is 6.49. The Morgan fingerprint density at radius 3 is 2.71 bits per heavy atom. The molecule has 0 radical (unpaired) electrons. The molecule has 5 nitrogen and oxygen atoms in total. The third-order valence-electron chi connectivity index (χ3n) is 4.81. The largest absolute Gasteiger partial charge is 0.370 e. The van der Waals surface area contributed by atoms with Gasteiger partial charge in [-0.3, -0.25) is 0 Å². The summed E-state index contributed by atoms with van der Waals surface area (Å²) in [4.78, 5) is 4.41. The van der Waals surface area contributed by atoms with Crippen molar-refractivity contribution in [1.82, 2.24) is 9.78 Å². The molecule has 0 bridgehead atoms. The molecule has 1 aliphatic rings. The lowest BCUT2D eigenvalue weighted by molar-refractivity contribution is 0.627. The van der Waals surface area contributed by atoms with Crippen LogP contribution in [-0.2, 0) is 19.4 Å². The summed E-state index contributed by atoms with van der Waals surface area (Å²) in [5.74, 6) is 0.114. The molecule has 7 heteroatoms. The standard InChI is InChI=1S/C21H22FN5.HI/c22-16-8-10-18(11-9-16)27-13-12-17(26-27)14-24-21(23)25-20-7-3-5-15-4-1-2-6-19(15)20;/h3,5,7-13H,1-2,4,6,14H2,(H3,23,24,25);1H. The maximum absolute atomic E-state index is 13.0. The zero-order chi connectivity index (χ0) is 18.6. The van der Waals surface area contributed by atoms with Crippen LogP contribution in [0.4, 0.5) is 10.1 Å². The van der Waals surface area contributed by atoms with Gasteiger partial charge < -0.3 is 11.1 Å². The monoisotopic (exact) mass is 491 g/mol. The zero-order valence-corrected chi connectivity index (χ0v) is 17.8. The number of fused-ring (bicyclic) bond motifs is 1. The Morgan fingerprint density at radius 1 is 1.11 bits per heavy atom. The van der Waals surface area contributed by atoms with E-state index in [0.29, 0.717) is 12.5 Å². The molecule has 0 saturated carbocycles. The Bertz CT molecular complexity index is 965. The number of guanidine groups is 1. The van der Waals surface area contributed by atoms with Gasteiger partial charge in [0.2, 0.25) is 0 Å². The van der Waals surface area contributed by atoms with Crippen molar-refractivity contribution in [3.8, 4) is 5.69 Å². The van der Waals surface area contributed by atoms with Gasteiger partial charge in [0.15, 0.2) is 5.96 Å². The van der Waals surface area contributed by atoms with E-state index >= 15 is 0 Å². The first-order valence-corrected chi connectivity index (χ1v) is 9.17. The molecule has 2 aromatic carbocycles. The number of hydrogen-bond donors (Lipinski definition) is 2. The Kier molecular flexibility index (Phi) is 6.66. The van der Waals surface area contributed by atoms with Crippen LogP contribution in [0.3, 0.4) is 0 Å². The number of benzene rings is 2. The Morgan fingerprint density at radius 2 is 1.89 bits per heavy atom. The fraction of sp³-hybridized carbons (Fsp3) is 0.238. The predicted molar refractivity (Wildman–Crippen MR) is 121 cm³/mol. The van der Waals surface area contributed by atoms with Crippen LogP contribution in [0.15, 0.2) is 59.7 Å². The average Bonchev–Trinajstić information content (AvgIpc) is 3.16. The third kappa shape index (κ3) is 4.70. The van der Waals surface area contributed by atoms with Gasteiger partial charge in [-0.15, -0.1) is 24.0 Å². The van der Waals surface area contributed by atoms with Gasteiger partial charge in [-0.05, 0) is 73.2 Å². The summed E-state index contributed by atoms with van der Waals surface area (Å²) in [6, 6.07) is 14.4. The molecule has 0 unspecified atom stereocenters. The van der Waals surface area contributed by atoms with Crippen LogP contribution in [0.25, 0.3) is 5.69 Å². The van der Waals surface area contributed by atoms with Crippen LogP contribution >= 0.6 is 24.0 Å². The van der Waals surface area contributed by atoms with Crippen LogP contribution in [0.1, 0.15) is 29.7 Å². The number of nitrogens with two attached hydrogens (primary N) is 1. The molecule has 0 atom stereocenters. The van der Waals surface area contributed by atoms with Crippen molar-refractivity contribution in [2.45, 2.75) is 32.2 Å².